The van der Waals surface area contributed by atoms with Gasteiger partial charge in [0.1, 0.15) is 22.8 Å². The van der Waals surface area contributed by atoms with E-state index in [1.54, 1.807) is 0 Å². The van der Waals surface area contributed by atoms with Gasteiger partial charge < -0.3 is 14.2 Å². The van der Waals surface area contributed by atoms with Crippen LogP contribution in [0.1, 0.15) is 45.4 Å². The molecule has 1 fully saturated rings. The van der Waals surface area contributed by atoms with E-state index in [-0.39, 0.29) is 18.2 Å². The summed E-state index contributed by atoms with van der Waals surface area (Å²) in [6.07, 6.45) is 6.22. The lowest BCUT2D eigenvalue weighted by Gasteiger charge is -2.35. The summed E-state index contributed by atoms with van der Waals surface area (Å²) in [5.74, 6) is 1.81. The smallest absolute Gasteiger partial charge is 0.344 e. The maximum Gasteiger partial charge on any atom is 0.344 e. The summed E-state index contributed by atoms with van der Waals surface area (Å²) < 4.78 is 17.7. The molecule has 1 saturated carbocycles. The number of rotatable bonds is 8. The molecule has 0 saturated heterocycles. The molecule has 200 valence electrons. The molecule has 6 rings (SSSR count). The summed E-state index contributed by atoms with van der Waals surface area (Å²) in [5, 5.41) is 0. The normalized spacial score (nSPS) is 16.2. The molecule has 1 heterocycles. The Bertz CT molecular complexity index is 1390. The molecular weight excluding hydrogens is 504 g/mol. The van der Waals surface area contributed by atoms with E-state index in [2.05, 4.69) is 67.6 Å². The van der Waals surface area contributed by atoms with Crippen molar-refractivity contribution in [2.45, 2.75) is 65.7 Å². The lowest BCUT2D eigenvalue weighted by atomic mass is 9.83. The van der Waals surface area contributed by atoms with Crippen LogP contribution in [0.5, 0.6) is 17.2 Å². The van der Waals surface area contributed by atoms with Crippen LogP contribution in [0.2, 0.25) is 0 Å². The van der Waals surface area contributed by atoms with Crippen molar-refractivity contribution in [3.63, 3.8) is 0 Å². The zero-order valence-electron chi connectivity index (χ0n) is 22.3. The number of esters is 1. The fourth-order valence-corrected chi connectivity index (χ4v) is 8.35. The number of hydrogen-bond acceptors (Lipinski definition) is 4. The van der Waals surface area contributed by atoms with Gasteiger partial charge in [-0.3, -0.25) is 0 Å². The van der Waals surface area contributed by atoms with Crippen molar-refractivity contribution in [3.8, 4) is 28.4 Å². The Morgan fingerprint density at radius 1 is 0.718 bits per heavy atom. The largest absolute Gasteiger partial charge is 0.482 e. The molecule has 0 N–H and O–H groups in total. The van der Waals surface area contributed by atoms with Crippen molar-refractivity contribution in [3.05, 3.63) is 97.1 Å². The molecule has 0 aromatic heterocycles. The Hall–Kier alpha value is -3.70. The predicted molar refractivity (Wildman–Crippen MR) is 156 cm³/mol. The Morgan fingerprint density at radius 3 is 1.85 bits per heavy atom. The standard InChI is InChI=1S/C34H34O4S/c1-2-34(22-8-3-9-23-34)38-33(35)24-36-25-14-16-26(17-15-25)37-27-18-20-28(21-19-27)39-31-12-6-4-10-29(31)30-11-5-7-13-32(30)39/h4-7,10-21,39H,2-3,8-9,22-24H2,1H3. The van der Waals surface area contributed by atoms with Gasteiger partial charge in [0.25, 0.3) is 0 Å². The molecular formula is C34H34O4S. The molecule has 4 aromatic rings. The van der Waals surface area contributed by atoms with Gasteiger partial charge in [0.2, 0.25) is 0 Å². The summed E-state index contributed by atoms with van der Waals surface area (Å²) >= 11 is 0. The highest BCUT2D eigenvalue weighted by molar-refractivity contribution is 8.17. The molecule has 0 radical (unpaired) electrons. The van der Waals surface area contributed by atoms with Crippen LogP contribution in [-0.4, -0.2) is 18.2 Å². The van der Waals surface area contributed by atoms with Gasteiger partial charge in [-0.1, -0.05) is 49.7 Å². The summed E-state index contributed by atoms with van der Waals surface area (Å²) in [4.78, 5) is 16.6. The Kier molecular flexibility index (Phi) is 7.34. The van der Waals surface area contributed by atoms with Gasteiger partial charge >= 0.3 is 5.97 Å². The summed E-state index contributed by atoms with van der Waals surface area (Å²) in [7, 11) is -0.578. The lowest BCUT2D eigenvalue weighted by molar-refractivity contribution is -0.166. The lowest BCUT2D eigenvalue weighted by Crippen LogP contribution is -2.38. The summed E-state index contributed by atoms with van der Waals surface area (Å²) in [6.45, 7) is 2.01. The molecule has 1 aliphatic heterocycles. The highest BCUT2D eigenvalue weighted by Crippen LogP contribution is 2.62. The first-order valence-electron chi connectivity index (χ1n) is 13.9. The van der Waals surface area contributed by atoms with E-state index < -0.39 is 10.9 Å². The molecule has 4 nitrogen and oxygen atoms in total. The first kappa shape index (κ1) is 25.6. The van der Waals surface area contributed by atoms with Crippen molar-refractivity contribution in [1.29, 1.82) is 0 Å². The second-order valence-corrected chi connectivity index (χ2v) is 12.4. The van der Waals surface area contributed by atoms with Crippen LogP contribution in [0.15, 0.2) is 112 Å². The second-order valence-electron chi connectivity index (χ2n) is 10.3. The SMILES string of the molecule is CCC1(OC(=O)COc2ccc(Oc3ccc([SH]4c5ccccc5-c5ccccc54)cc3)cc2)CCCCC1. The van der Waals surface area contributed by atoms with Gasteiger partial charge in [-0.05, 0) is 109 Å². The first-order chi connectivity index (χ1) is 19.1. The minimum atomic E-state index is -0.578. The van der Waals surface area contributed by atoms with E-state index in [1.807, 2.05) is 36.4 Å². The minimum Gasteiger partial charge on any atom is -0.482 e. The third-order valence-corrected chi connectivity index (χ3v) is 10.4. The van der Waals surface area contributed by atoms with Gasteiger partial charge in [-0.15, -0.1) is 0 Å². The Balaban J connectivity index is 1.07. The van der Waals surface area contributed by atoms with Crippen LogP contribution >= 0.6 is 10.9 Å². The fourth-order valence-electron chi connectivity index (χ4n) is 5.74. The number of carbonyl (C=O) groups is 1. The molecule has 39 heavy (non-hydrogen) atoms. The van der Waals surface area contributed by atoms with Crippen molar-refractivity contribution in [2.24, 2.45) is 0 Å². The molecule has 0 amide bonds. The number of fused-ring (bicyclic) bond motifs is 3. The zero-order chi connectivity index (χ0) is 26.7. The van der Waals surface area contributed by atoms with E-state index in [0.717, 1.165) is 37.9 Å². The van der Waals surface area contributed by atoms with Gasteiger partial charge in [-0.2, -0.15) is 10.9 Å². The predicted octanol–water partition coefficient (Wildman–Crippen LogP) is 8.97. The van der Waals surface area contributed by atoms with Crippen LogP contribution < -0.4 is 9.47 Å². The van der Waals surface area contributed by atoms with Crippen LogP contribution in [-0.2, 0) is 9.53 Å². The minimum absolute atomic E-state index is 0.0847. The quantitative estimate of drug-likeness (QED) is 0.158. The first-order valence-corrected chi connectivity index (χ1v) is 15.2. The average molecular weight is 539 g/mol. The molecule has 5 heteroatoms. The van der Waals surface area contributed by atoms with Gasteiger partial charge in [0.15, 0.2) is 6.61 Å². The molecule has 1 aliphatic carbocycles. The van der Waals surface area contributed by atoms with Crippen LogP contribution in [0.3, 0.4) is 0 Å². The summed E-state index contributed by atoms with van der Waals surface area (Å²) in [6, 6.07) is 33.3. The second kappa shape index (κ2) is 11.2. The molecule has 0 unspecified atom stereocenters. The van der Waals surface area contributed by atoms with E-state index in [9.17, 15) is 4.79 Å². The topological polar surface area (TPSA) is 44.8 Å². The maximum absolute atomic E-state index is 12.4. The third-order valence-electron chi connectivity index (χ3n) is 7.83. The molecule has 0 atom stereocenters. The van der Waals surface area contributed by atoms with Gasteiger partial charge in [0, 0.05) is 9.79 Å². The molecule has 0 spiro atoms. The zero-order valence-corrected chi connectivity index (χ0v) is 23.2. The summed E-state index contributed by atoms with van der Waals surface area (Å²) in [5.41, 5.74) is 2.38. The number of thiol groups is 1. The van der Waals surface area contributed by atoms with Crippen molar-refractivity contribution in [2.75, 3.05) is 6.61 Å². The Morgan fingerprint density at radius 2 is 1.26 bits per heavy atom. The number of ether oxygens (including phenoxy) is 3. The highest BCUT2D eigenvalue weighted by Gasteiger charge is 2.34. The van der Waals surface area contributed by atoms with Crippen LogP contribution in [0.4, 0.5) is 0 Å². The third kappa shape index (κ3) is 5.41. The number of carbonyl (C=O) groups excluding carboxylic acids is 1. The molecule has 2 aliphatic rings. The van der Waals surface area contributed by atoms with Crippen molar-refractivity contribution < 1.29 is 19.0 Å². The number of benzene rings is 4. The maximum atomic E-state index is 12.4. The number of hydrogen-bond donors (Lipinski definition) is 1. The van der Waals surface area contributed by atoms with Gasteiger partial charge in [0.05, 0.1) is 0 Å². The van der Waals surface area contributed by atoms with Crippen molar-refractivity contribution >= 4 is 16.9 Å². The fraction of sp³-hybridized carbons (Fsp3) is 0.265. The average Bonchev–Trinajstić information content (AvgIpc) is 3.32. The highest BCUT2D eigenvalue weighted by atomic mass is 32.2. The van der Waals surface area contributed by atoms with Gasteiger partial charge in [-0.25, -0.2) is 4.79 Å². The van der Waals surface area contributed by atoms with E-state index in [0.29, 0.717) is 11.5 Å². The van der Waals surface area contributed by atoms with Crippen LogP contribution in [0.25, 0.3) is 11.1 Å². The van der Waals surface area contributed by atoms with E-state index >= 15 is 0 Å². The van der Waals surface area contributed by atoms with Crippen molar-refractivity contribution in [1.82, 2.24) is 0 Å². The Labute approximate surface area is 233 Å². The van der Waals surface area contributed by atoms with E-state index in [4.69, 9.17) is 14.2 Å². The molecule has 4 aromatic carbocycles. The van der Waals surface area contributed by atoms with Crippen LogP contribution in [0, 0.1) is 0 Å². The molecule has 0 bridgehead atoms. The van der Waals surface area contributed by atoms with E-state index in [1.165, 1.54) is 32.2 Å². The monoisotopic (exact) mass is 538 g/mol.